The standard InChI is InChI=1S/C16H21NO3S/c1-16(9-2-10-21-16)11-17-14(18)8-5-12-3-6-13(7-4-12)15(19)20/h3-4,6-7H,2,5,8-11H2,1H3,(H,17,18)(H,19,20). The number of rotatable bonds is 6. The van der Waals surface area contributed by atoms with Crippen LogP contribution < -0.4 is 5.32 Å². The molecule has 1 amide bonds. The zero-order valence-electron chi connectivity index (χ0n) is 12.2. The molecule has 0 spiro atoms. The summed E-state index contributed by atoms with van der Waals surface area (Å²) in [5, 5.41) is 11.8. The Labute approximate surface area is 129 Å². The number of nitrogens with one attached hydrogen (secondary N) is 1. The van der Waals surface area contributed by atoms with Crippen molar-refractivity contribution in [1.82, 2.24) is 5.32 Å². The maximum atomic E-state index is 11.9. The lowest BCUT2D eigenvalue weighted by Gasteiger charge is -2.22. The van der Waals surface area contributed by atoms with Gasteiger partial charge in [0.25, 0.3) is 0 Å². The molecule has 1 unspecified atom stereocenters. The van der Waals surface area contributed by atoms with Crippen LogP contribution in [0.2, 0.25) is 0 Å². The van der Waals surface area contributed by atoms with E-state index in [2.05, 4.69) is 12.2 Å². The van der Waals surface area contributed by atoms with Crippen molar-refractivity contribution in [3.05, 3.63) is 35.4 Å². The highest BCUT2D eigenvalue weighted by Gasteiger charge is 2.29. The summed E-state index contributed by atoms with van der Waals surface area (Å²) in [5.74, 6) is 0.315. The predicted molar refractivity (Wildman–Crippen MR) is 84.8 cm³/mol. The van der Waals surface area contributed by atoms with Crippen molar-refractivity contribution in [2.45, 2.75) is 37.4 Å². The second kappa shape index (κ2) is 6.98. The number of thioether (sulfide) groups is 1. The lowest BCUT2D eigenvalue weighted by Crippen LogP contribution is -2.36. The molecule has 0 radical (unpaired) electrons. The average Bonchev–Trinajstić information content (AvgIpc) is 2.91. The Morgan fingerprint density at radius 1 is 1.33 bits per heavy atom. The highest BCUT2D eigenvalue weighted by Crippen LogP contribution is 2.36. The Bertz CT molecular complexity index is 507. The summed E-state index contributed by atoms with van der Waals surface area (Å²) < 4.78 is 0.193. The molecule has 1 aliphatic heterocycles. The fourth-order valence-corrected chi connectivity index (χ4v) is 3.67. The highest BCUT2D eigenvalue weighted by molar-refractivity contribution is 8.00. The SMILES string of the molecule is CC1(CNC(=O)CCc2ccc(C(=O)O)cc2)CCCS1. The van der Waals surface area contributed by atoms with Crippen LogP contribution in [-0.4, -0.2) is 34.0 Å². The average molecular weight is 307 g/mol. The van der Waals surface area contributed by atoms with Crippen LogP contribution in [0.5, 0.6) is 0 Å². The zero-order chi connectivity index (χ0) is 15.3. The molecule has 0 aliphatic carbocycles. The first-order valence-corrected chi connectivity index (χ1v) is 8.20. The van der Waals surface area contributed by atoms with Crippen LogP contribution in [0.25, 0.3) is 0 Å². The molecule has 21 heavy (non-hydrogen) atoms. The Balaban J connectivity index is 1.74. The third-order valence-corrected chi connectivity index (χ3v) is 5.34. The lowest BCUT2D eigenvalue weighted by molar-refractivity contribution is -0.121. The monoisotopic (exact) mass is 307 g/mol. The van der Waals surface area contributed by atoms with E-state index in [1.807, 2.05) is 11.8 Å². The summed E-state index contributed by atoms with van der Waals surface area (Å²) in [5.41, 5.74) is 1.26. The Kier molecular flexibility index (Phi) is 5.28. The molecule has 0 aromatic heterocycles. The Hall–Kier alpha value is -1.49. The molecule has 2 rings (SSSR count). The van der Waals surface area contributed by atoms with E-state index >= 15 is 0 Å². The number of carbonyl (C=O) groups excluding carboxylic acids is 1. The third-order valence-electron chi connectivity index (χ3n) is 3.80. The first kappa shape index (κ1) is 15.9. The van der Waals surface area contributed by atoms with E-state index in [1.165, 1.54) is 12.2 Å². The van der Waals surface area contributed by atoms with Gasteiger partial charge in [0.1, 0.15) is 0 Å². The minimum absolute atomic E-state index is 0.0611. The van der Waals surface area contributed by atoms with Gasteiger partial charge in [-0.05, 0) is 49.6 Å². The van der Waals surface area contributed by atoms with Gasteiger partial charge in [-0.25, -0.2) is 4.79 Å². The number of amides is 1. The molecule has 0 bridgehead atoms. The van der Waals surface area contributed by atoms with Crippen LogP contribution in [0.4, 0.5) is 0 Å². The minimum atomic E-state index is -0.929. The first-order chi connectivity index (χ1) is 9.98. The summed E-state index contributed by atoms with van der Waals surface area (Å²) in [6.07, 6.45) is 3.46. The van der Waals surface area contributed by atoms with Crippen molar-refractivity contribution >= 4 is 23.6 Å². The molecular formula is C16H21NO3S. The maximum absolute atomic E-state index is 11.9. The van der Waals surface area contributed by atoms with E-state index in [4.69, 9.17) is 5.11 Å². The van der Waals surface area contributed by atoms with Gasteiger partial charge in [0.15, 0.2) is 0 Å². The van der Waals surface area contributed by atoms with Crippen LogP contribution in [0.1, 0.15) is 42.1 Å². The highest BCUT2D eigenvalue weighted by atomic mass is 32.2. The largest absolute Gasteiger partial charge is 0.478 e. The summed E-state index contributed by atoms with van der Waals surface area (Å²) in [6.45, 7) is 2.93. The van der Waals surface area contributed by atoms with Crippen molar-refractivity contribution in [2.24, 2.45) is 0 Å². The van der Waals surface area contributed by atoms with Crippen LogP contribution in [0.3, 0.4) is 0 Å². The first-order valence-electron chi connectivity index (χ1n) is 7.21. The van der Waals surface area contributed by atoms with Crippen molar-refractivity contribution in [3.8, 4) is 0 Å². The molecule has 1 heterocycles. The molecule has 2 N–H and O–H groups in total. The summed E-state index contributed by atoms with van der Waals surface area (Å²) in [4.78, 5) is 22.6. The van der Waals surface area contributed by atoms with Gasteiger partial charge in [-0.15, -0.1) is 0 Å². The molecule has 1 aromatic rings. The topological polar surface area (TPSA) is 66.4 Å². The third kappa shape index (κ3) is 4.77. The molecule has 0 saturated carbocycles. The van der Waals surface area contributed by atoms with Gasteiger partial charge < -0.3 is 10.4 Å². The van der Waals surface area contributed by atoms with Crippen molar-refractivity contribution in [3.63, 3.8) is 0 Å². The Morgan fingerprint density at radius 2 is 2.05 bits per heavy atom. The molecule has 4 nitrogen and oxygen atoms in total. The number of benzene rings is 1. The van der Waals surface area contributed by atoms with Crippen molar-refractivity contribution < 1.29 is 14.7 Å². The van der Waals surface area contributed by atoms with Gasteiger partial charge >= 0.3 is 5.97 Å². The Morgan fingerprint density at radius 3 is 2.62 bits per heavy atom. The number of hydrogen-bond donors (Lipinski definition) is 2. The van der Waals surface area contributed by atoms with Crippen molar-refractivity contribution in [2.75, 3.05) is 12.3 Å². The molecular weight excluding hydrogens is 286 g/mol. The van der Waals surface area contributed by atoms with Gasteiger partial charge in [-0.1, -0.05) is 12.1 Å². The van der Waals surface area contributed by atoms with Crippen LogP contribution in [-0.2, 0) is 11.2 Å². The quantitative estimate of drug-likeness (QED) is 0.848. The molecule has 1 aliphatic rings. The van der Waals surface area contributed by atoms with E-state index in [0.29, 0.717) is 12.8 Å². The molecule has 1 aromatic carbocycles. The molecule has 1 fully saturated rings. The molecule has 1 atom stereocenters. The van der Waals surface area contributed by atoms with Crippen LogP contribution >= 0.6 is 11.8 Å². The molecule has 5 heteroatoms. The van der Waals surface area contributed by atoms with Gasteiger partial charge in [-0.2, -0.15) is 11.8 Å². The number of hydrogen-bond acceptors (Lipinski definition) is 3. The second-order valence-electron chi connectivity index (χ2n) is 5.68. The normalized spacial score (nSPS) is 21.2. The van der Waals surface area contributed by atoms with E-state index < -0.39 is 5.97 Å². The summed E-state index contributed by atoms with van der Waals surface area (Å²) in [7, 11) is 0. The number of carboxylic acid groups (broad SMARTS) is 1. The van der Waals surface area contributed by atoms with E-state index in [9.17, 15) is 9.59 Å². The molecule has 114 valence electrons. The number of aryl methyl sites for hydroxylation is 1. The van der Waals surface area contributed by atoms with Gasteiger partial charge in [0.2, 0.25) is 5.91 Å². The smallest absolute Gasteiger partial charge is 0.335 e. The van der Waals surface area contributed by atoms with Crippen LogP contribution in [0.15, 0.2) is 24.3 Å². The minimum Gasteiger partial charge on any atom is -0.478 e. The maximum Gasteiger partial charge on any atom is 0.335 e. The number of aromatic carboxylic acids is 1. The van der Waals surface area contributed by atoms with E-state index in [0.717, 1.165) is 18.5 Å². The van der Waals surface area contributed by atoms with Gasteiger partial charge in [0, 0.05) is 17.7 Å². The van der Waals surface area contributed by atoms with Crippen molar-refractivity contribution in [1.29, 1.82) is 0 Å². The lowest BCUT2D eigenvalue weighted by atomic mass is 10.1. The van der Waals surface area contributed by atoms with Gasteiger partial charge in [0.05, 0.1) is 5.56 Å². The number of carboxylic acids is 1. The van der Waals surface area contributed by atoms with E-state index in [1.54, 1.807) is 24.3 Å². The zero-order valence-corrected chi connectivity index (χ0v) is 13.0. The molecule has 1 saturated heterocycles. The fraction of sp³-hybridized carbons (Fsp3) is 0.500. The second-order valence-corrected chi connectivity index (χ2v) is 7.36. The van der Waals surface area contributed by atoms with Crippen LogP contribution in [0, 0.1) is 0 Å². The summed E-state index contributed by atoms with van der Waals surface area (Å²) >= 11 is 1.94. The summed E-state index contributed by atoms with van der Waals surface area (Å²) in [6, 6.07) is 6.69. The number of carbonyl (C=O) groups is 2. The van der Waals surface area contributed by atoms with E-state index in [-0.39, 0.29) is 16.2 Å². The predicted octanol–water partition coefficient (Wildman–Crippen LogP) is 2.72. The fourth-order valence-electron chi connectivity index (χ4n) is 2.42. The van der Waals surface area contributed by atoms with Gasteiger partial charge in [-0.3, -0.25) is 4.79 Å².